The van der Waals surface area contributed by atoms with Crippen LogP contribution < -0.4 is 15.8 Å². The number of anilines is 1. The highest BCUT2D eigenvalue weighted by Gasteiger charge is 2.15. The van der Waals surface area contributed by atoms with Crippen LogP contribution in [0.5, 0.6) is 11.5 Å². The molecule has 0 heterocycles. The van der Waals surface area contributed by atoms with Crippen LogP contribution in [0.2, 0.25) is 0 Å². The molecule has 0 saturated carbocycles. The molecule has 2 aromatic rings. The summed E-state index contributed by atoms with van der Waals surface area (Å²) in [5.41, 5.74) is 7.51. The maximum atomic E-state index is 12.2. The lowest BCUT2D eigenvalue weighted by Crippen LogP contribution is -2.13. The Labute approximate surface area is 123 Å². The maximum Gasteiger partial charge on any atom is 0.259 e. The highest BCUT2D eigenvalue weighted by atomic mass is 16.5. The summed E-state index contributed by atoms with van der Waals surface area (Å²) in [7, 11) is 1.43. The summed E-state index contributed by atoms with van der Waals surface area (Å²) in [4.78, 5) is 12.2. The maximum absolute atomic E-state index is 12.2. The van der Waals surface area contributed by atoms with Crippen molar-refractivity contribution in [3.05, 3.63) is 53.6 Å². The van der Waals surface area contributed by atoms with Gasteiger partial charge in [0.1, 0.15) is 0 Å². The molecular formula is C16H18N2O3. The molecule has 1 atom stereocenters. The van der Waals surface area contributed by atoms with Gasteiger partial charge in [0.25, 0.3) is 5.91 Å². The number of phenolic OH excluding ortho intramolecular Hbond substituents is 1. The number of methoxy groups -OCH3 is 1. The summed E-state index contributed by atoms with van der Waals surface area (Å²) >= 11 is 0. The van der Waals surface area contributed by atoms with Gasteiger partial charge in [-0.3, -0.25) is 4.79 Å². The second kappa shape index (κ2) is 6.28. The molecule has 2 aromatic carbocycles. The largest absolute Gasteiger partial charge is 0.504 e. The molecule has 0 aliphatic carbocycles. The highest BCUT2D eigenvalue weighted by Crippen LogP contribution is 2.30. The molecule has 0 bridgehead atoms. The number of ether oxygens (including phenoxy) is 1. The van der Waals surface area contributed by atoms with Crippen molar-refractivity contribution in [3.63, 3.8) is 0 Å². The average molecular weight is 286 g/mol. The van der Waals surface area contributed by atoms with Crippen molar-refractivity contribution in [2.45, 2.75) is 13.0 Å². The van der Waals surface area contributed by atoms with Crippen LogP contribution >= 0.6 is 0 Å². The van der Waals surface area contributed by atoms with E-state index in [9.17, 15) is 9.90 Å². The fourth-order valence-corrected chi connectivity index (χ4v) is 1.97. The van der Waals surface area contributed by atoms with Gasteiger partial charge < -0.3 is 20.9 Å². The van der Waals surface area contributed by atoms with Crippen molar-refractivity contribution in [1.29, 1.82) is 0 Å². The zero-order valence-corrected chi connectivity index (χ0v) is 12.0. The fourth-order valence-electron chi connectivity index (χ4n) is 1.97. The number of hydrogen-bond donors (Lipinski definition) is 3. The summed E-state index contributed by atoms with van der Waals surface area (Å²) in [6.07, 6.45) is 0. The van der Waals surface area contributed by atoms with Crippen LogP contribution in [0.4, 0.5) is 5.69 Å². The number of nitrogens with two attached hydrogens (primary N) is 1. The van der Waals surface area contributed by atoms with Crippen LogP contribution in [-0.4, -0.2) is 18.1 Å². The van der Waals surface area contributed by atoms with Gasteiger partial charge in [-0.25, -0.2) is 0 Å². The first kappa shape index (κ1) is 14.9. The first-order chi connectivity index (χ1) is 10.0. The molecule has 0 spiro atoms. The number of amides is 1. The summed E-state index contributed by atoms with van der Waals surface area (Å²) in [5, 5.41) is 12.7. The lowest BCUT2D eigenvalue weighted by atomic mass is 10.1. The van der Waals surface area contributed by atoms with E-state index in [-0.39, 0.29) is 23.1 Å². The van der Waals surface area contributed by atoms with E-state index >= 15 is 0 Å². The number of rotatable bonds is 4. The molecule has 2 rings (SSSR count). The number of carbonyl (C=O) groups excluding carboxylic acids is 1. The quantitative estimate of drug-likeness (QED) is 0.806. The van der Waals surface area contributed by atoms with Crippen molar-refractivity contribution < 1.29 is 14.6 Å². The molecule has 0 aromatic heterocycles. The van der Waals surface area contributed by atoms with E-state index in [1.807, 2.05) is 19.1 Å². The smallest absolute Gasteiger partial charge is 0.259 e. The van der Waals surface area contributed by atoms with Gasteiger partial charge in [0.15, 0.2) is 11.5 Å². The van der Waals surface area contributed by atoms with Crippen molar-refractivity contribution in [2.24, 2.45) is 5.73 Å². The molecule has 0 aliphatic rings. The van der Waals surface area contributed by atoms with E-state index < -0.39 is 5.91 Å². The Balaban J connectivity index is 2.24. The first-order valence-electron chi connectivity index (χ1n) is 6.55. The molecule has 0 saturated heterocycles. The molecule has 0 aliphatic heterocycles. The lowest BCUT2D eigenvalue weighted by Gasteiger charge is -2.11. The highest BCUT2D eigenvalue weighted by molar-refractivity contribution is 6.06. The lowest BCUT2D eigenvalue weighted by molar-refractivity contribution is 0.102. The normalized spacial score (nSPS) is 11.8. The fraction of sp³-hybridized carbons (Fsp3) is 0.188. The minimum absolute atomic E-state index is 0.118. The van der Waals surface area contributed by atoms with Crippen LogP contribution in [-0.2, 0) is 0 Å². The monoisotopic (exact) mass is 286 g/mol. The second-order valence-corrected chi connectivity index (χ2v) is 4.72. The number of para-hydroxylation sites is 1. The van der Waals surface area contributed by atoms with Gasteiger partial charge in [-0.2, -0.15) is 0 Å². The van der Waals surface area contributed by atoms with Crippen molar-refractivity contribution in [3.8, 4) is 11.5 Å². The van der Waals surface area contributed by atoms with Crippen molar-refractivity contribution >= 4 is 11.6 Å². The zero-order chi connectivity index (χ0) is 15.4. The Kier molecular flexibility index (Phi) is 4.45. The van der Waals surface area contributed by atoms with Crippen molar-refractivity contribution in [1.82, 2.24) is 0 Å². The van der Waals surface area contributed by atoms with Gasteiger partial charge in [0.05, 0.1) is 12.7 Å². The number of carbonyl (C=O) groups is 1. The predicted molar refractivity (Wildman–Crippen MR) is 81.7 cm³/mol. The molecule has 1 amide bonds. The molecule has 0 fully saturated rings. The Morgan fingerprint density at radius 1 is 1.29 bits per heavy atom. The van der Waals surface area contributed by atoms with Gasteiger partial charge in [-0.1, -0.05) is 18.2 Å². The van der Waals surface area contributed by atoms with E-state index in [1.54, 1.807) is 24.3 Å². The molecule has 4 N–H and O–H groups in total. The van der Waals surface area contributed by atoms with Gasteiger partial charge in [-0.15, -0.1) is 0 Å². The minimum atomic E-state index is -0.409. The van der Waals surface area contributed by atoms with Crippen molar-refractivity contribution in [2.75, 3.05) is 12.4 Å². The molecule has 0 radical (unpaired) electrons. The van der Waals surface area contributed by atoms with Crippen LogP contribution in [0, 0.1) is 0 Å². The Bertz CT molecular complexity index is 654. The van der Waals surface area contributed by atoms with E-state index in [1.165, 1.54) is 13.2 Å². The molecule has 1 unspecified atom stereocenters. The Hall–Kier alpha value is -2.53. The van der Waals surface area contributed by atoms with Crippen LogP contribution in [0.25, 0.3) is 0 Å². The molecule has 5 nitrogen and oxygen atoms in total. The van der Waals surface area contributed by atoms with E-state index in [0.717, 1.165) is 5.56 Å². The van der Waals surface area contributed by atoms with Crippen LogP contribution in [0.3, 0.4) is 0 Å². The Morgan fingerprint density at radius 2 is 2.00 bits per heavy atom. The summed E-state index contributed by atoms with van der Waals surface area (Å²) in [6, 6.07) is 11.9. The molecule has 5 heteroatoms. The third kappa shape index (κ3) is 3.32. The SMILES string of the molecule is COc1cccc(C(=O)Nc2cccc(C(C)N)c2)c1O. The molecular weight excluding hydrogens is 268 g/mol. The van der Waals surface area contributed by atoms with Gasteiger partial charge >= 0.3 is 0 Å². The number of hydrogen-bond acceptors (Lipinski definition) is 4. The van der Waals surface area contributed by atoms with Gasteiger partial charge in [-0.05, 0) is 36.8 Å². The molecule has 21 heavy (non-hydrogen) atoms. The first-order valence-corrected chi connectivity index (χ1v) is 6.55. The van der Waals surface area contributed by atoms with Crippen LogP contribution in [0.15, 0.2) is 42.5 Å². The second-order valence-electron chi connectivity index (χ2n) is 4.72. The zero-order valence-electron chi connectivity index (χ0n) is 12.0. The standard InChI is InChI=1S/C16H18N2O3/c1-10(17)11-5-3-6-12(9-11)18-16(20)13-7-4-8-14(21-2)15(13)19/h3-10,19H,17H2,1-2H3,(H,18,20). The molecule has 110 valence electrons. The predicted octanol–water partition coefficient (Wildman–Crippen LogP) is 2.67. The van der Waals surface area contributed by atoms with E-state index in [2.05, 4.69) is 5.32 Å². The number of nitrogens with one attached hydrogen (secondary N) is 1. The summed E-state index contributed by atoms with van der Waals surface area (Å²) in [6.45, 7) is 1.87. The third-order valence-corrected chi connectivity index (χ3v) is 3.13. The average Bonchev–Trinajstić information content (AvgIpc) is 2.47. The third-order valence-electron chi connectivity index (χ3n) is 3.13. The van der Waals surface area contributed by atoms with Gasteiger partial charge in [0, 0.05) is 11.7 Å². The number of aromatic hydroxyl groups is 1. The van der Waals surface area contributed by atoms with E-state index in [0.29, 0.717) is 5.69 Å². The number of benzene rings is 2. The minimum Gasteiger partial charge on any atom is -0.504 e. The topological polar surface area (TPSA) is 84.6 Å². The number of phenols is 1. The Morgan fingerprint density at radius 3 is 2.67 bits per heavy atom. The summed E-state index contributed by atoms with van der Waals surface area (Å²) < 4.78 is 4.99. The van der Waals surface area contributed by atoms with Crippen LogP contribution in [0.1, 0.15) is 28.9 Å². The van der Waals surface area contributed by atoms with E-state index in [4.69, 9.17) is 10.5 Å². The van der Waals surface area contributed by atoms with Gasteiger partial charge in [0.2, 0.25) is 0 Å². The summed E-state index contributed by atoms with van der Waals surface area (Å²) in [5.74, 6) is -0.332.